The van der Waals surface area contributed by atoms with Crippen molar-refractivity contribution in [2.75, 3.05) is 11.9 Å². The maximum absolute atomic E-state index is 12.5. The lowest BCUT2D eigenvalue weighted by atomic mass is 10.0. The Hall–Kier alpha value is -2.69. The van der Waals surface area contributed by atoms with Crippen LogP contribution in [0.5, 0.6) is 0 Å². The molecule has 1 aromatic carbocycles. The fraction of sp³-hybridized carbons (Fsp3) is 0.316. The van der Waals surface area contributed by atoms with E-state index in [0.717, 1.165) is 19.3 Å². The highest BCUT2D eigenvalue weighted by molar-refractivity contribution is 6.39. The van der Waals surface area contributed by atoms with Crippen molar-refractivity contribution in [3.63, 3.8) is 0 Å². The first-order valence-corrected chi connectivity index (χ1v) is 8.21. The minimum atomic E-state index is -0.598. The summed E-state index contributed by atoms with van der Waals surface area (Å²) in [5, 5.41) is 2.62. The molecule has 24 heavy (non-hydrogen) atoms. The lowest BCUT2D eigenvalue weighted by molar-refractivity contribution is -0.143. The second-order valence-electron chi connectivity index (χ2n) is 6.18. The largest absolute Gasteiger partial charge is 0.331 e. The highest BCUT2D eigenvalue weighted by Crippen LogP contribution is 2.22. The van der Waals surface area contributed by atoms with Crippen molar-refractivity contribution in [1.29, 1.82) is 0 Å². The topological polar surface area (TPSA) is 62.3 Å². The number of pyridine rings is 1. The molecule has 0 spiro atoms. The van der Waals surface area contributed by atoms with Gasteiger partial charge in [-0.05, 0) is 43.9 Å². The molecular formula is C19H21N3O2. The van der Waals surface area contributed by atoms with E-state index in [9.17, 15) is 9.59 Å². The van der Waals surface area contributed by atoms with Crippen LogP contribution in [0.25, 0.3) is 0 Å². The lowest BCUT2D eigenvalue weighted by Gasteiger charge is -2.24. The smallest absolute Gasteiger partial charge is 0.313 e. The average Bonchev–Trinajstić information content (AvgIpc) is 3.05. The Balaban J connectivity index is 1.64. The van der Waals surface area contributed by atoms with Crippen molar-refractivity contribution in [2.45, 2.75) is 32.2 Å². The number of likely N-dealkylation sites (tertiary alicyclic amines) is 1. The average molecular weight is 323 g/mol. The zero-order valence-corrected chi connectivity index (χ0v) is 13.7. The molecule has 1 atom stereocenters. The maximum atomic E-state index is 12.5. The number of aryl methyl sites for hydroxylation is 1. The van der Waals surface area contributed by atoms with E-state index in [2.05, 4.69) is 41.5 Å². The lowest BCUT2D eigenvalue weighted by Crippen LogP contribution is -2.43. The summed E-state index contributed by atoms with van der Waals surface area (Å²) in [6.45, 7) is 2.69. The van der Waals surface area contributed by atoms with E-state index < -0.39 is 11.8 Å². The maximum Gasteiger partial charge on any atom is 0.313 e. The molecule has 2 aromatic rings. The van der Waals surface area contributed by atoms with Crippen molar-refractivity contribution in [2.24, 2.45) is 0 Å². The van der Waals surface area contributed by atoms with E-state index >= 15 is 0 Å². The normalized spacial score (nSPS) is 16.9. The molecule has 1 N–H and O–H groups in total. The van der Waals surface area contributed by atoms with Gasteiger partial charge in [0.25, 0.3) is 0 Å². The van der Waals surface area contributed by atoms with Crippen LogP contribution in [0.2, 0.25) is 0 Å². The second kappa shape index (κ2) is 7.25. The summed E-state index contributed by atoms with van der Waals surface area (Å²) in [6, 6.07) is 11.8. The molecule has 1 aliphatic rings. The van der Waals surface area contributed by atoms with Crippen LogP contribution in [0, 0.1) is 6.92 Å². The van der Waals surface area contributed by atoms with Gasteiger partial charge < -0.3 is 10.2 Å². The van der Waals surface area contributed by atoms with Crippen LogP contribution in [0.15, 0.2) is 48.8 Å². The molecule has 1 fully saturated rings. The molecule has 0 radical (unpaired) electrons. The zero-order valence-electron chi connectivity index (χ0n) is 13.7. The fourth-order valence-corrected chi connectivity index (χ4v) is 3.06. The predicted molar refractivity (Wildman–Crippen MR) is 92.5 cm³/mol. The van der Waals surface area contributed by atoms with Crippen molar-refractivity contribution < 1.29 is 9.59 Å². The first-order valence-electron chi connectivity index (χ1n) is 8.21. The molecular weight excluding hydrogens is 302 g/mol. The molecule has 0 bridgehead atoms. The molecule has 1 aromatic heterocycles. The molecule has 1 aliphatic heterocycles. The number of anilines is 1. The quantitative estimate of drug-likeness (QED) is 0.883. The van der Waals surface area contributed by atoms with Gasteiger partial charge >= 0.3 is 11.8 Å². The van der Waals surface area contributed by atoms with Crippen molar-refractivity contribution in [3.05, 3.63) is 59.9 Å². The number of nitrogens with one attached hydrogen (secondary N) is 1. The molecule has 5 nitrogen and oxygen atoms in total. The molecule has 1 saturated heterocycles. The van der Waals surface area contributed by atoms with Gasteiger partial charge in [-0.2, -0.15) is 0 Å². The summed E-state index contributed by atoms with van der Waals surface area (Å²) in [5.74, 6) is -1.06. The van der Waals surface area contributed by atoms with E-state index in [1.165, 1.54) is 17.3 Å². The molecule has 5 heteroatoms. The monoisotopic (exact) mass is 323 g/mol. The van der Waals surface area contributed by atoms with Gasteiger partial charge in [-0.25, -0.2) is 0 Å². The fourth-order valence-electron chi connectivity index (χ4n) is 3.06. The van der Waals surface area contributed by atoms with Crippen LogP contribution in [0.1, 0.15) is 24.0 Å². The zero-order chi connectivity index (χ0) is 16.9. The summed E-state index contributed by atoms with van der Waals surface area (Å²) in [7, 11) is 0. The van der Waals surface area contributed by atoms with E-state index in [4.69, 9.17) is 0 Å². The molecule has 1 unspecified atom stereocenters. The number of hydrogen-bond donors (Lipinski definition) is 1. The van der Waals surface area contributed by atoms with Gasteiger partial charge in [0.15, 0.2) is 0 Å². The summed E-state index contributed by atoms with van der Waals surface area (Å²) in [4.78, 5) is 30.3. The van der Waals surface area contributed by atoms with Crippen molar-refractivity contribution in [1.82, 2.24) is 9.88 Å². The number of carbonyl (C=O) groups is 2. The Morgan fingerprint density at radius 1 is 1.25 bits per heavy atom. The van der Waals surface area contributed by atoms with Gasteiger partial charge in [-0.3, -0.25) is 14.6 Å². The molecule has 2 heterocycles. The minimum Gasteiger partial charge on any atom is -0.331 e. The Kier molecular flexibility index (Phi) is 4.89. The van der Waals surface area contributed by atoms with Gasteiger partial charge in [0, 0.05) is 18.8 Å². The molecule has 3 rings (SSSR count). The first-order chi connectivity index (χ1) is 11.6. The highest BCUT2D eigenvalue weighted by Gasteiger charge is 2.32. The molecule has 2 amide bonds. The van der Waals surface area contributed by atoms with Gasteiger partial charge in [-0.1, -0.05) is 29.8 Å². The van der Waals surface area contributed by atoms with Gasteiger partial charge in [0.1, 0.15) is 0 Å². The van der Waals surface area contributed by atoms with Gasteiger partial charge in [0.2, 0.25) is 0 Å². The first kappa shape index (κ1) is 16.2. The van der Waals surface area contributed by atoms with Crippen LogP contribution in [0.3, 0.4) is 0 Å². The molecule has 0 saturated carbocycles. The number of hydrogen-bond acceptors (Lipinski definition) is 3. The van der Waals surface area contributed by atoms with Crippen molar-refractivity contribution in [3.8, 4) is 0 Å². The van der Waals surface area contributed by atoms with Crippen molar-refractivity contribution >= 4 is 17.5 Å². The van der Waals surface area contributed by atoms with Gasteiger partial charge in [0.05, 0.1) is 11.9 Å². The van der Waals surface area contributed by atoms with Crippen LogP contribution < -0.4 is 5.32 Å². The van der Waals surface area contributed by atoms with Crippen LogP contribution >= 0.6 is 0 Å². The number of aromatic nitrogens is 1. The third-order valence-corrected chi connectivity index (χ3v) is 4.34. The summed E-state index contributed by atoms with van der Waals surface area (Å²) in [5.41, 5.74) is 2.94. The van der Waals surface area contributed by atoms with Gasteiger partial charge in [-0.15, -0.1) is 0 Å². The minimum absolute atomic E-state index is 0.0832. The Labute approximate surface area is 141 Å². The molecule has 0 aliphatic carbocycles. The summed E-state index contributed by atoms with van der Waals surface area (Å²) < 4.78 is 0. The Bertz CT molecular complexity index is 713. The third kappa shape index (κ3) is 3.79. The van der Waals surface area contributed by atoms with E-state index in [1.807, 2.05) is 0 Å². The van der Waals surface area contributed by atoms with E-state index in [1.54, 1.807) is 23.2 Å². The number of nitrogens with zero attached hydrogens (tertiary/aromatic N) is 2. The SMILES string of the molecule is Cc1ccc(CC2CCCN2C(=O)C(=O)Nc2cccnc2)cc1. The van der Waals surface area contributed by atoms with E-state index in [0.29, 0.717) is 12.2 Å². The van der Waals surface area contributed by atoms with E-state index in [-0.39, 0.29) is 6.04 Å². The Morgan fingerprint density at radius 2 is 2.04 bits per heavy atom. The highest BCUT2D eigenvalue weighted by atomic mass is 16.2. The molecule has 124 valence electrons. The second-order valence-corrected chi connectivity index (χ2v) is 6.18. The summed E-state index contributed by atoms with van der Waals surface area (Å²) >= 11 is 0. The Morgan fingerprint density at radius 3 is 2.75 bits per heavy atom. The number of benzene rings is 1. The van der Waals surface area contributed by atoms with Crippen LogP contribution in [-0.2, 0) is 16.0 Å². The summed E-state index contributed by atoms with van der Waals surface area (Å²) in [6.07, 6.45) is 5.79. The van der Waals surface area contributed by atoms with Crippen LogP contribution in [-0.4, -0.2) is 34.3 Å². The number of rotatable bonds is 3. The standard InChI is InChI=1S/C19H21N3O2/c1-14-6-8-15(9-7-14)12-17-5-3-11-22(17)19(24)18(23)21-16-4-2-10-20-13-16/h2,4,6-10,13,17H,3,5,11-12H2,1H3,(H,21,23). The third-order valence-electron chi connectivity index (χ3n) is 4.34. The number of amides is 2. The predicted octanol–water partition coefficient (Wildman–Crippen LogP) is 2.56. The van der Waals surface area contributed by atoms with Crippen LogP contribution in [0.4, 0.5) is 5.69 Å². The number of carbonyl (C=O) groups excluding carboxylic acids is 2.